The van der Waals surface area contributed by atoms with Crippen molar-refractivity contribution < 1.29 is 0 Å². The molecule has 0 aliphatic carbocycles. The van der Waals surface area contributed by atoms with Crippen molar-refractivity contribution in [2.45, 2.75) is 20.0 Å². The van der Waals surface area contributed by atoms with Gasteiger partial charge in [0.2, 0.25) is 0 Å². The molecule has 0 spiro atoms. The van der Waals surface area contributed by atoms with E-state index >= 15 is 0 Å². The van der Waals surface area contributed by atoms with E-state index in [1.54, 1.807) is 11.3 Å². The summed E-state index contributed by atoms with van der Waals surface area (Å²) >= 11 is 1.78. The Morgan fingerprint density at radius 1 is 1.33 bits per heavy atom. The van der Waals surface area contributed by atoms with Crippen LogP contribution in [-0.2, 0) is 13.1 Å². The lowest BCUT2D eigenvalue weighted by atomic mass is 10.1. The van der Waals surface area contributed by atoms with Gasteiger partial charge >= 0.3 is 0 Å². The number of fused-ring (bicyclic) bond motifs is 1. The quantitative estimate of drug-likeness (QED) is 0.784. The molecule has 3 nitrogen and oxygen atoms in total. The van der Waals surface area contributed by atoms with Crippen LogP contribution in [0.15, 0.2) is 36.7 Å². The zero-order chi connectivity index (χ0) is 12.5. The fourth-order valence-corrected chi connectivity index (χ4v) is 3.30. The molecule has 3 rings (SSSR count). The molecule has 0 radical (unpaired) electrons. The summed E-state index contributed by atoms with van der Waals surface area (Å²) in [5.41, 5.74) is 8.34. The van der Waals surface area contributed by atoms with Crippen LogP contribution < -0.4 is 5.73 Å². The maximum Gasteiger partial charge on any atom is 0.0676 e. The van der Waals surface area contributed by atoms with Gasteiger partial charge in [0.25, 0.3) is 0 Å². The van der Waals surface area contributed by atoms with E-state index in [1.165, 1.54) is 26.1 Å². The second kappa shape index (κ2) is 4.55. The molecule has 2 aromatic heterocycles. The van der Waals surface area contributed by atoms with Crippen molar-refractivity contribution in [3.05, 3.63) is 52.7 Å². The van der Waals surface area contributed by atoms with Gasteiger partial charge in [0.1, 0.15) is 0 Å². The third kappa shape index (κ3) is 1.94. The van der Waals surface area contributed by atoms with Crippen molar-refractivity contribution in [2.75, 3.05) is 0 Å². The summed E-state index contributed by atoms with van der Waals surface area (Å²) in [4.78, 5) is 1.25. The van der Waals surface area contributed by atoms with E-state index in [-0.39, 0.29) is 0 Å². The minimum absolute atomic E-state index is 0.592. The summed E-state index contributed by atoms with van der Waals surface area (Å²) in [7, 11) is 0. The number of thiophene rings is 1. The van der Waals surface area contributed by atoms with Crippen molar-refractivity contribution in [2.24, 2.45) is 5.73 Å². The number of nitrogens with two attached hydrogens (primary N) is 1. The molecule has 2 N–H and O–H groups in total. The van der Waals surface area contributed by atoms with Crippen LogP contribution in [0, 0.1) is 6.92 Å². The van der Waals surface area contributed by atoms with Crippen LogP contribution in [-0.4, -0.2) is 9.78 Å². The van der Waals surface area contributed by atoms with Gasteiger partial charge in [-0.15, -0.1) is 11.3 Å². The molecular weight excluding hydrogens is 242 g/mol. The molecule has 0 saturated heterocycles. The Hall–Kier alpha value is -1.65. The molecule has 4 heteroatoms. The number of rotatable bonds is 3. The second-order valence-electron chi connectivity index (χ2n) is 4.42. The van der Waals surface area contributed by atoms with Gasteiger partial charge < -0.3 is 5.73 Å². The van der Waals surface area contributed by atoms with E-state index in [9.17, 15) is 0 Å². The van der Waals surface area contributed by atoms with E-state index in [0.717, 1.165) is 6.54 Å². The lowest BCUT2D eigenvalue weighted by molar-refractivity contribution is 0.686. The molecule has 0 amide bonds. The highest BCUT2D eigenvalue weighted by Crippen LogP contribution is 2.31. The highest BCUT2D eigenvalue weighted by atomic mass is 32.1. The normalized spacial score (nSPS) is 11.2. The van der Waals surface area contributed by atoms with Crippen LogP contribution in [0.3, 0.4) is 0 Å². The maximum absolute atomic E-state index is 5.85. The minimum atomic E-state index is 0.592. The average Bonchev–Trinajstić information content (AvgIpc) is 2.94. The van der Waals surface area contributed by atoms with Crippen LogP contribution in [0.25, 0.3) is 10.1 Å². The molecule has 0 aliphatic rings. The predicted octanol–water partition coefficient (Wildman–Crippen LogP) is 2.91. The Labute approximate surface area is 110 Å². The Bertz CT molecular complexity index is 681. The van der Waals surface area contributed by atoms with Gasteiger partial charge in [0.15, 0.2) is 0 Å². The first-order valence-electron chi connectivity index (χ1n) is 5.96. The maximum atomic E-state index is 5.85. The van der Waals surface area contributed by atoms with Gasteiger partial charge in [-0.3, -0.25) is 4.68 Å². The standard InChI is InChI=1S/C14H15N3S/c1-10-7-16-17(8-10)9-12-11-4-2-3-5-13(11)18-14(12)6-15/h2-5,7-8H,6,9,15H2,1H3. The number of nitrogens with zero attached hydrogens (tertiary/aromatic N) is 2. The molecule has 0 bridgehead atoms. The largest absolute Gasteiger partial charge is 0.326 e. The topological polar surface area (TPSA) is 43.8 Å². The van der Waals surface area contributed by atoms with E-state index in [4.69, 9.17) is 5.73 Å². The lowest BCUT2D eigenvalue weighted by Gasteiger charge is -2.03. The van der Waals surface area contributed by atoms with Crippen LogP contribution >= 0.6 is 11.3 Å². The third-order valence-corrected chi connectivity index (χ3v) is 4.29. The summed E-state index contributed by atoms with van der Waals surface area (Å²) in [5.74, 6) is 0. The van der Waals surface area contributed by atoms with Crippen molar-refractivity contribution >= 4 is 21.4 Å². The van der Waals surface area contributed by atoms with E-state index in [0.29, 0.717) is 6.54 Å². The smallest absolute Gasteiger partial charge is 0.0676 e. The third-order valence-electron chi connectivity index (χ3n) is 3.05. The van der Waals surface area contributed by atoms with Crippen LogP contribution in [0.4, 0.5) is 0 Å². The first-order valence-corrected chi connectivity index (χ1v) is 6.78. The minimum Gasteiger partial charge on any atom is -0.326 e. The first kappa shape index (κ1) is 11.4. The summed E-state index contributed by atoms with van der Waals surface area (Å²) in [5, 5.41) is 5.66. The van der Waals surface area contributed by atoms with Crippen molar-refractivity contribution in [3.8, 4) is 0 Å². The van der Waals surface area contributed by atoms with Gasteiger partial charge in [0, 0.05) is 22.3 Å². The van der Waals surface area contributed by atoms with Gasteiger partial charge in [-0.05, 0) is 29.5 Å². The van der Waals surface area contributed by atoms with E-state index in [1.807, 2.05) is 10.9 Å². The second-order valence-corrected chi connectivity index (χ2v) is 5.56. The molecular formula is C14H15N3S. The Kier molecular flexibility index (Phi) is 2.89. The molecule has 1 aromatic carbocycles. The summed E-state index contributed by atoms with van der Waals surface area (Å²) < 4.78 is 3.28. The highest BCUT2D eigenvalue weighted by Gasteiger charge is 2.11. The fourth-order valence-electron chi connectivity index (χ4n) is 2.20. The summed E-state index contributed by atoms with van der Waals surface area (Å²) in [6.07, 6.45) is 3.95. The molecule has 0 saturated carbocycles. The Morgan fingerprint density at radius 3 is 2.89 bits per heavy atom. The fraction of sp³-hybridized carbons (Fsp3) is 0.214. The Balaban J connectivity index is 2.09. The highest BCUT2D eigenvalue weighted by molar-refractivity contribution is 7.19. The number of hydrogen-bond acceptors (Lipinski definition) is 3. The molecule has 2 heterocycles. The monoisotopic (exact) mass is 257 g/mol. The first-order chi connectivity index (χ1) is 8.78. The van der Waals surface area contributed by atoms with Crippen LogP contribution in [0.5, 0.6) is 0 Å². The van der Waals surface area contributed by atoms with Crippen molar-refractivity contribution in [1.29, 1.82) is 0 Å². The Morgan fingerprint density at radius 2 is 2.17 bits per heavy atom. The van der Waals surface area contributed by atoms with E-state index in [2.05, 4.69) is 42.5 Å². The molecule has 0 fully saturated rings. The molecule has 0 atom stereocenters. The van der Waals surface area contributed by atoms with Crippen LogP contribution in [0.2, 0.25) is 0 Å². The van der Waals surface area contributed by atoms with Gasteiger partial charge in [0.05, 0.1) is 12.7 Å². The molecule has 0 unspecified atom stereocenters. The van der Waals surface area contributed by atoms with Gasteiger partial charge in [-0.1, -0.05) is 18.2 Å². The van der Waals surface area contributed by atoms with E-state index < -0.39 is 0 Å². The van der Waals surface area contributed by atoms with Gasteiger partial charge in [-0.25, -0.2) is 0 Å². The SMILES string of the molecule is Cc1cnn(Cc2c(CN)sc3ccccc23)c1. The zero-order valence-electron chi connectivity index (χ0n) is 10.3. The lowest BCUT2D eigenvalue weighted by Crippen LogP contribution is -2.04. The molecule has 92 valence electrons. The van der Waals surface area contributed by atoms with Crippen molar-refractivity contribution in [1.82, 2.24) is 9.78 Å². The predicted molar refractivity (Wildman–Crippen MR) is 75.8 cm³/mol. The summed E-state index contributed by atoms with van der Waals surface area (Å²) in [6.45, 7) is 3.44. The van der Waals surface area contributed by atoms with Gasteiger partial charge in [-0.2, -0.15) is 5.10 Å². The van der Waals surface area contributed by atoms with Crippen molar-refractivity contribution in [3.63, 3.8) is 0 Å². The number of aryl methyl sites for hydroxylation is 1. The average molecular weight is 257 g/mol. The zero-order valence-corrected chi connectivity index (χ0v) is 11.1. The number of benzene rings is 1. The number of aromatic nitrogens is 2. The number of hydrogen-bond donors (Lipinski definition) is 1. The summed E-state index contributed by atoms with van der Waals surface area (Å²) in [6, 6.07) is 8.46. The molecule has 18 heavy (non-hydrogen) atoms. The molecule has 0 aliphatic heterocycles. The van der Waals surface area contributed by atoms with Crippen LogP contribution in [0.1, 0.15) is 16.0 Å². The molecule has 3 aromatic rings.